The van der Waals surface area contributed by atoms with Gasteiger partial charge in [0.15, 0.2) is 0 Å². The van der Waals surface area contributed by atoms with E-state index in [0.29, 0.717) is 11.3 Å². The standard InChI is InChI=1S/C15H21FN2O/c1-14(2)12(15(14,3)4)13(19)18-10-5-6-11(16)9(7-10)8-17/h5-7,12H,8,17H2,1-4H3,(H,18,19). The number of carbonyl (C=O) groups excluding carboxylic acids is 1. The molecule has 0 saturated heterocycles. The van der Waals surface area contributed by atoms with E-state index in [4.69, 9.17) is 5.73 Å². The summed E-state index contributed by atoms with van der Waals surface area (Å²) in [6.07, 6.45) is 0. The van der Waals surface area contributed by atoms with Gasteiger partial charge in [0, 0.05) is 23.7 Å². The van der Waals surface area contributed by atoms with Crippen LogP contribution in [-0.2, 0) is 11.3 Å². The summed E-state index contributed by atoms with van der Waals surface area (Å²) in [7, 11) is 0. The highest BCUT2D eigenvalue weighted by Crippen LogP contribution is 2.68. The monoisotopic (exact) mass is 264 g/mol. The first-order valence-corrected chi connectivity index (χ1v) is 6.51. The Labute approximate surface area is 113 Å². The van der Waals surface area contributed by atoms with Gasteiger partial charge in [0.1, 0.15) is 5.82 Å². The molecule has 0 aliphatic heterocycles. The topological polar surface area (TPSA) is 55.1 Å². The predicted molar refractivity (Wildman–Crippen MR) is 74.0 cm³/mol. The summed E-state index contributed by atoms with van der Waals surface area (Å²) in [5.41, 5.74) is 6.46. The van der Waals surface area contributed by atoms with Gasteiger partial charge in [-0.25, -0.2) is 4.39 Å². The molecule has 0 spiro atoms. The molecule has 3 N–H and O–H groups in total. The molecule has 1 amide bonds. The number of rotatable bonds is 3. The minimum Gasteiger partial charge on any atom is -0.326 e. The van der Waals surface area contributed by atoms with Gasteiger partial charge in [-0.05, 0) is 29.0 Å². The molecule has 3 nitrogen and oxygen atoms in total. The summed E-state index contributed by atoms with van der Waals surface area (Å²) in [4.78, 5) is 12.3. The van der Waals surface area contributed by atoms with Crippen LogP contribution in [0.3, 0.4) is 0 Å². The number of amides is 1. The normalized spacial score (nSPS) is 20.1. The highest BCUT2D eigenvalue weighted by molar-refractivity contribution is 5.96. The quantitative estimate of drug-likeness (QED) is 0.882. The summed E-state index contributed by atoms with van der Waals surface area (Å²) in [5.74, 6) is -0.372. The van der Waals surface area contributed by atoms with Crippen LogP contribution < -0.4 is 11.1 Å². The van der Waals surface area contributed by atoms with Gasteiger partial charge in [0.2, 0.25) is 5.91 Å². The molecule has 1 aromatic carbocycles. The Bertz CT molecular complexity index is 509. The predicted octanol–water partition coefficient (Wildman–Crippen LogP) is 2.91. The third kappa shape index (κ3) is 2.14. The average Bonchev–Trinajstić information content (AvgIpc) is 2.72. The Kier molecular flexibility index (Phi) is 3.17. The molecule has 104 valence electrons. The van der Waals surface area contributed by atoms with Gasteiger partial charge < -0.3 is 11.1 Å². The summed E-state index contributed by atoms with van der Waals surface area (Å²) >= 11 is 0. The van der Waals surface area contributed by atoms with E-state index in [1.807, 2.05) is 0 Å². The molecular weight excluding hydrogens is 243 g/mol. The van der Waals surface area contributed by atoms with Crippen LogP contribution in [0.5, 0.6) is 0 Å². The number of nitrogens with two attached hydrogens (primary N) is 1. The van der Waals surface area contributed by atoms with Crippen molar-refractivity contribution in [3.63, 3.8) is 0 Å². The number of halogens is 1. The third-order valence-corrected chi connectivity index (χ3v) is 4.82. The molecule has 0 bridgehead atoms. The molecule has 1 aliphatic carbocycles. The number of carbonyl (C=O) groups is 1. The fraction of sp³-hybridized carbons (Fsp3) is 0.533. The lowest BCUT2D eigenvalue weighted by Gasteiger charge is -2.08. The molecule has 0 radical (unpaired) electrons. The number of hydrogen-bond donors (Lipinski definition) is 2. The highest BCUT2D eigenvalue weighted by Gasteiger charge is 2.68. The lowest BCUT2D eigenvalue weighted by molar-refractivity contribution is -0.118. The first kappa shape index (κ1) is 14.0. The Morgan fingerprint density at radius 3 is 2.37 bits per heavy atom. The highest BCUT2D eigenvalue weighted by atomic mass is 19.1. The van der Waals surface area contributed by atoms with Crippen LogP contribution in [0, 0.1) is 22.6 Å². The van der Waals surface area contributed by atoms with E-state index in [9.17, 15) is 9.18 Å². The van der Waals surface area contributed by atoms with Crippen LogP contribution in [0.25, 0.3) is 0 Å². The van der Waals surface area contributed by atoms with Gasteiger partial charge >= 0.3 is 0 Å². The van der Waals surface area contributed by atoms with Crippen LogP contribution in [0.4, 0.5) is 10.1 Å². The van der Waals surface area contributed by atoms with E-state index >= 15 is 0 Å². The maximum Gasteiger partial charge on any atom is 0.228 e. The number of benzene rings is 1. The third-order valence-electron chi connectivity index (χ3n) is 4.82. The second kappa shape index (κ2) is 4.30. The Morgan fingerprint density at radius 2 is 1.89 bits per heavy atom. The number of hydrogen-bond acceptors (Lipinski definition) is 2. The van der Waals surface area contributed by atoms with Gasteiger partial charge in [0.05, 0.1) is 0 Å². The molecule has 0 heterocycles. The van der Waals surface area contributed by atoms with Crippen molar-refractivity contribution in [3.05, 3.63) is 29.6 Å². The van der Waals surface area contributed by atoms with Crippen molar-refractivity contribution in [1.82, 2.24) is 0 Å². The van der Waals surface area contributed by atoms with Crippen molar-refractivity contribution in [1.29, 1.82) is 0 Å². The van der Waals surface area contributed by atoms with E-state index < -0.39 is 0 Å². The zero-order valence-electron chi connectivity index (χ0n) is 11.9. The Balaban J connectivity index is 2.13. The average molecular weight is 264 g/mol. The van der Waals surface area contributed by atoms with Crippen molar-refractivity contribution < 1.29 is 9.18 Å². The number of nitrogens with one attached hydrogen (secondary N) is 1. The van der Waals surface area contributed by atoms with Crippen LogP contribution in [0.1, 0.15) is 33.3 Å². The Hall–Kier alpha value is -1.42. The molecule has 1 aliphatic rings. The zero-order chi connectivity index (χ0) is 14.4. The lowest BCUT2D eigenvalue weighted by Crippen LogP contribution is -2.18. The van der Waals surface area contributed by atoms with Crippen LogP contribution in [-0.4, -0.2) is 5.91 Å². The SMILES string of the molecule is CC1(C)C(C(=O)Nc2ccc(F)c(CN)c2)C1(C)C. The van der Waals surface area contributed by atoms with Crippen molar-refractivity contribution in [3.8, 4) is 0 Å². The maximum atomic E-state index is 13.3. The fourth-order valence-corrected chi connectivity index (χ4v) is 2.88. The molecule has 0 unspecified atom stereocenters. The second-order valence-electron chi connectivity index (χ2n) is 6.38. The molecule has 1 fully saturated rings. The van der Waals surface area contributed by atoms with E-state index in [2.05, 4.69) is 33.0 Å². The smallest absolute Gasteiger partial charge is 0.228 e. The molecule has 0 aromatic heterocycles. The van der Waals surface area contributed by atoms with E-state index in [1.165, 1.54) is 6.07 Å². The summed E-state index contributed by atoms with van der Waals surface area (Å²) < 4.78 is 13.3. The maximum absolute atomic E-state index is 13.3. The van der Waals surface area contributed by atoms with Crippen LogP contribution in [0.15, 0.2) is 18.2 Å². The molecule has 2 rings (SSSR count). The zero-order valence-corrected chi connectivity index (χ0v) is 11.9. The van der Waals surface area contributed by atoms with Gasteiger partial charge in [0.25, 0.3) is 0 Å². The summed E-state index contributed by atoms with van der Waals surface area (Å²) in [5, 5.41) is 2.86. The van der Waals surface area contributed by atoms with Gasteiger partial charge in [-0.3, -0.25) is 4.79 Å². The second-order valence-corrected chi connectivity index (χ2v) is 6.38. The van der Waals surface area contributed by atoms with Crippen molar-refractivity contribution in [2.45, 2.75) is 34.2 Å². The Morgan fingerprint density at radius 1 is 1.32 bits per heavy atom. The van der Waals surface area contributed by atoms with Crippen LogP contribution >= 0.6 is 0 Å². The lowest BCUT2D eigenvalue weighted by atomic mass is 10.0. The van der Waals surface area contributed by atoms with Crippen LogP contribution in [0.2, 0.25) is 0 Å². The largest absolute Gasteiger partial charge is 0.326 e. The number of anilines is 1. The molecular formula is C15H21FN2O. The van der Waals surface area contributed by atoms with Gasteiger partial charge in [-0.2, -0.15) is 0 Å². The van der Waals surface area contributed by atoms with Gasteiger partial charge in [-0.15, -0.1) is 0 Å². The summed E-state index contributed by atoms with van der Waals surface area (Å²) in [6, 6.07) is 4.49. The first-order valence-electron chi connectivity index (χ1n) is 6.51. The minimum atomic E-state index is -0.340. The molecule has 19 heavy (non-hydrogen) atoms. The molecule has 1 aromatic rings. The van der Waals surface area contributed by atoms with E-state index in [-0.39, 0.29) is 35.0 Å². The van der Waals surface area contributed by atoms with Crippen molar-refractivity contribution >= 4 is 11.6 Å². The van der Waals surface area contributed by atoms with Crippen molar-refractivity contribution in [2.24, 2.45) is 22.5 Å². The minimum absolute atomic E-state index is 0.00614. The summed E-state index contributed by atoms with van der Waals surface area (Å²) in [6.45, 7) is 8.48. The van der Waals surface area contributed by atoms with E-state index in [1.54, 1.807) is 12.1 Å². The fourth-order valence-electron chi connectivity index (χ4n) is 2.88. The molecule has 1 saturated carbocycles. The van der Waals surface area contributed by atoms with Gasteiger partial charge in [-0.1, -0.05) is 27.7 Å². The molecule has 0 atom stereocenters. The van der Waals surface area contributed by atoms with Crippen molar-refractivity contribution in [2.75, 3.05) is 5.32 Å². The van der Waals surface area contributed by atoms with E-state index in [0.717, 1.165) is 0 Å². The molecule has 4 heteroatoms. The first-order chi connectivity index (χ1) is 8.71.